The predicted molar refractivity (Wildman–Crippen MR) is 68.8 cm³/mol. The van der Waals surface area contributed by atoms with Crippen molar-refractivity contribution in [1.82, 2.24) is 0 Å². The van der Waals surface area contributed by atoms with E-state index in [1.807, 2.05) is 6.26 Å². The summed E-state index contributed by atoms with van der Waals surface area (Å²) in [6, 6.07) is 6.16. The van der Waals surface area contributed by atoms with E-state index in [9.17, 15) is 9.18 Å². The smallest absolute Gasteiger partial charge is 0.306 e. The summed E-state index contributed by atoms with van der Waals surface area (Å²) < 4.78 is 13.0. The lowest BCUT2D eigenvalue weighted by atomic mass is 9.95. The van der Waals surface area contributed by atoms with E-state index in [0.29, 0.717) is 12.8 Å². The molecule has 94 valence electrons. The van der Waals surface area contributed by atoms with Crippen LogP contribution in [0.15, 0.2) is 24.3 Å². The van der Waals surface area contributed by atoms with Crippen molar-refractivity contribution in [1.29, 1.82) is 0 Å². The van der Waals surface area contributed by atoms with E-state index in [2.05, 4.69) is 0 Å². The molecule has 1 rings (SSSR count). The first kappa shape index (κ1) is 14.0. The van der Waals surface area contributed by atoms with E-state index in [-0.39, 0.29) is 5.82 Å². The number of thioether (sulfide) groups is 1. The Bertz CT molecular complexity index is 368. The molecule has 4 heteroatoms. The minimum absolute atomic E-state index is 0.309. The molecule has 0 aliphatic rings. The Morgan fingerprint density at radius 2 is 2.29 bits per heavy atom. The third kappa shape index (κ3) is 5.22. The van der Waals surface area contributed by atoms with Crippen molar-refractivity contribution in [2.75, 3.05) is 12.0 Å². The van der Waals surface area contributed by atoms with Crippen molar-refractivity contribution in [2.45, 2.75) is 19.3 Å². The number of carboxylic acids is 1. The molecule has 0 aliphatic carbocycles. The fourth-order valence-corrected chi connectivity index (χ4v) is 2.19. The van der Waals surface area contributed by atoms with Crippen molar-refractivity contribution in [2.24, 2.45) is 5.92 Å². The second kappa shape index (κ2) is 7.33. The van der Waals surface area contributed by atoms with Gasteiger partial charge in [0.2, 0.25) is 0 Å². The molecular formula is C13H17FO2S. The van der Waals surface area contributed by atoms with Gasteiger partial charge in [-0.15, -0.1) is 0 Å². The minimum Gasteiger partial charge on any atom is -0.481 e. The van der Waals surface area contributed by atoms with Gasteiger partial charge in [0.15, 0.2) is 0 Å². The van der Waals surface area contributed by atoms with Gasteiger partial charge in [0, 0.05) is 0 Å². The zero-order chi connectivity index (χ0) is 12.7. The van der Waals surface area contributed by atoms with Crippen molar-refractivity contribution in [3.05, 3.63) is 35.6 Å². The Balaban J connectivity index is 2.57. The van der Waals surface area contributed by atoms with E-state index in [4.69, 9.17) is 5.11 Å². The lowest BCUT2D eigenvalue weighted by Gasteiger charge is -2.11. The van der Waals surface area contributed by atoms with E-state index in [0.717, 1.165) is 17.7 Å². The van der Waals surface area contributed by atoms with E-state index in [1.54, 1.807) is 23.9 Å². The van der Waals surface area contributed by atoms with Gasteiger partial charge in [-0.2, -0.15) is 11.8 Å². The van der Waals surface area contributed by atoms with Gasteiger partial charge >= 0.3 is 5.97 Å². The van der Waals surface area contributed by atoms with Crippen LogP contribution in [0, 0.1) is 11.7 Å². The maximum Gasteiger partial charge on any atom is 0.306 e. The van der Waals surface area contributed by atoms with Crippen LogP contribution in [0.4, 0.5) is 4.39 Å². The van der Waals surface area contributed by atoms with Crippen LogP contribution in [-0.2, 0) is 11.2 Å². The lowest BCUT2D eigenvalue weighted by molar-refractivity contribution is -0.141. The van der Waals surface area contributed by atoms with Crippen LogP contribution >= 0.6 is 11.8 Å². The highest BCUT2D eigenvalue weighted by Crippen LogP contribution is 2.16. The molecule has 1 unspecified atom stereocenters. The number of rotatable bonds is 7. The number of hydrogen-bond donors (Lipinski definition) is 1. The van der Waals surface area contributed by atoms with Crippen molar-refractivity contribution < 1.29 is 14.3 Å². The summed E-state index contributed by atoms with van der Waals surface area (Å²) in [4.78, 5) is 11.1. The Morgan fingerprint density at radius 1 is 1.53 bits per heavy atom. The van der Waals surface area contributed by atoms with Gasteiger partial charge in [-0.3, -0.25) is 4.79 Å². The SMILES string of the molecule is CSCCCC(Cc1cccc(F)c1)C(=O)O. The second-order valence-corrected chi connectivity index (χ2v) is 4.99. The molecule has 1 aromatic rings. The highest BCUT2D eigenvalue weighted by Gasteiger charge is 2.17. The van der Waals surface area contributed by atoms with Crippen LogP contribution in [0.2, 0.25) is 0 Å². The van der Waals surface area contributed by atoms with Gasteiger partial charge in [0.25, 0.3) is 0 Å². The van der Waals surface area contributed by atoms with Gasteiger partial charge in [0.1, 0.15) is 5.82 Å². The molecule has 1 N–H and O–H groups in total. The summed E-state index contributed by atoms with van der Waals surface area (Å²) in [5.41, 5.74) is 0.751. The van der Waals surface area contributed by atoms with Gasteiger partial charge in [-0.05, 0) is 49.0 Å². The van der Waals surface area contributed by atoms with Crippen LogP contribution in [0.5, 0.6) is 0 Å². The molecule has 1 aromatic carbocycles. The number of carboxylic acid groups (broad SMARTS) is 1. The number of halogens is 1. The maximum absolute atomic E-state index is 13.0. The molecule has 0 spiro atoms. The summed E-state index contributed by atoms with van der Waals surface area (Å²) in [6.45, 7) is 0. The molecule has 0 amide bonds. The zero-order valence-corrected chi connectivity index (χ0v) is 10.7. The van der Waals surface area contributed by atoms with Crippen LogP contribution < -0.4 is 0 Å². The molecule has 0 aliphatic heterocycles. The van der Waals surface area contributed by atoms with Gasteiger partial charge in [-0.25, -0.2) is 4.39 Å². The van der Waals surface area contributed by atoms with Gasteiger partial charge < -0.3 is 5.11 Å². The Hall–Kier alpha value is -1.03. The maximum atomic E-state index is 13.0. The lowest BCUT2D eigenvalue weighted by Crippen LogP contribution is -2.16. The fraction of sp³-hybridized carbons (Fsp3) is 0.462. The first-order chi connectivity index (χ1) is 8.13. The molecule has 17 heavy (non-hydrogen) atoms. The van der Waals surface area contributed by atoms with E-state index >= 15 is 0 Å². The standard InChI is InChI=1S/C13H17FO2S/c1-17-7-3-5-11(13(15)16)8-10-4-2-6-12(14)9-10/h2,4,6,9,11H,3,5,7-8H2,1H3,(H,15,16). The summed E-state index contributed by atoms with van der Waals surface area (Å²) in [5.74, 6) is -0.553. The topological polar surface area (TPSA) is 37.3 Å². The minimum atomic E-state index is -0.796. The summed E-state index contributed by atoms with van der Waals surface area (Å²) in [7, 11) is 0. The highest BCUT2D eigenvalue weighted by atomic mass is 32.2. The van der Waals surface area contributed by atoms with Crippen LogP contribution in [0.3, 0.4) is 0 Å². The molecule has 1 atom stereocenters. The molecule has 0 heterocycles. The predicted octanol–water partition coefficient (Wildman–Crippen LogP) is 3.21. The van der Waals surface area contributed by atoms with Crippen molar-refractivity contribution >= 4 is 17.7 Å². The molecule has 2 nitrogen and oxygen atoms in total. The Labute approximate surface area is 105 Å². The molecule has 0 aromatic heterocycles. The first-order valence-corrected chi connectivity index (χ1v) is 6.99. The normalized spacial score (nSPS) is 12.4. The van der Waals surface area contributed by atoms with Crippen molar-refractivity contribution in [3.63, 3.8) is 0 Å². The van der Waals surface area contributed by atoms with Crippen LogP contribution in [-0.4, -0.2) is 23.1 Å². The molecule has 0 radical (unpaired) electrons. The quantitative estimate of drug-likeness (QED) is 0.761. The highest BCUT2D eigenvalue weighted by molar-refractivity contribution is 7.98. The molecule has 0 saturated carbocycles. The Kier molecular flexibility index (Phi) is 6.05. The van der Waals surface area contributed by atoms with Crippen LogP contribution in [0.1, 0.15) is 18.4 Å². The molecular weight excluding hydrogens is 239 g/mol. The van der Waals surface area contributed by atoms with Gasteiger partial charge in [0.05, 0.1) is 5.92 Å². The first-order valence-electron chi connectivity index (χ1n) is 5.59. The number of benzene rings is 1. The van der Waals surface area contributed by atoms with Crippen LogP contribution in [0.25, 0.3) is 0 Å². The summed E-state index contributed by atoms with van der Waals surface area (Å²) >= 11 is 1.71. The van der Waals surface area contributed by atoms with Gasteiger partial charge in [-0.1, -0.05) is 12.1 Å². The second-order valence-electron chi connectivity index (χ2n) is 4.00. The van der Waals surface area contributed by atoms with E-state index in [1.165, 1.54) is 12.1 Å². The zero-order valence-electron chi connectivity index (χ0n) is 9.86. The number of aliphatic carboxylic acids is 1. The van der Waals surface area contributed by atoms with E-state index < -0.39 is 11.9 Å². The average Bonchev–Trinajstić information content (AvgIpc) is 2.28. The molecule has 0 fully saturated rings. The summed E-state index contributed by atoms with van der Waals surface area (Å²) in [6.07, 6.45) is 3.93. The largest absolute Gasteiger partial charge is 0.481 e. The Morgan fingerprint density at radius 3 is 2.88 bits per heavy atom. The number of carbonyl (C=O) groups is 1. The average molecular weight is 256 g/mol. The summed E-state index contributed by atoms with van der Waals surface area (Å²) in [5, 5.41) is 9.10. The molecule has 0 saturated heterocycles. The number of hydrogen-bond acceptors (Lipinski definition) is 2. The monoisotopic (exact) mass is 256 g/mol. The third-order valence-electron chi connectivity index (χ3n) is 2.62. The molecule has 0 bridgehead atoms. The van der Waals surface area contributed by atoms with Crippen molar-refractivity contribution in [3.8, 4) is 0 Å². The fourth-order valence-electron chi connectivity index (χ4n) is 1.74. The third-order valence-corrected chi connectivity index (χ3v) is 3.32.